The SMILES string of the molecule is CCC(CC)c1cc(CNC(=NC)NCCN2CCN(C(C)=O)CC2)on1.I. The summed E-state index contributed by atoms with van der Waals surface area (Å²) in [5, 5.41) is 10.8. The molecule has 0 saturated carbocycles. The van der Waals surface area contributed by atoms with Crippen molar-refractivity contribution in [3.05, 3.63) is 17.5 Å². The molecule has 0 spiro atoms. The summed E-state index contributed by atoms with van der Waals surface area (Å²) in [5.41, 5.74) is 1.03. The summed E-state index contributed by atoms with van der Waals surface area (Å²) in [6, 6.07) is 2.03. The van der Waals surface area contributed by atoms with Gasteiger partial charge in [0.05, 0.1) is 12.2 Å². The van der Waals surface area contributed by atoms with Crippen LogP contribution in [0.2, 0.25) is 0 Å². The van der Waals surface area contributed by atoms with Crippen LogP contribution in [0.5, 0.6) is 0 Å². The number of guanidine groups is 1. The van der Waals surface area contributed by atoms with Crippen LogP contribution in [0.4, 0.5) is 0 Å². The van der Waals surface area contributed by atoms with Gasteiger partial charge < -0.3 is 20.1 Å². The van der Waals surface area contributed by atoms with Gasteiger partial charge in [0.1, 0.15) is 0 Å². The van der Waals surface area contributed by atoms with Crippen LogP contribution in [-0.4, -0.2) is 73.1 Å². The van der Waals surface area contributed by atoms with E-state index >= 15 is 0 Å². The second kappa shape index (κ2) is 13.0. The predicted molar refractivity (Wildman–Crippen MR) is 122 cm³/mol. The Labute approximate surface area is 185 Å². The molecule has 0 bridgehead atoms. The van der Waals surface area contributed by atoms with Crippen molar-refractivity contribution in [3.63, 3.8) is 0 Å². The van der Waals surface area contributed by atoms with Crippen molar-refractivity contribution in [3.8, 4) is 0 Å². The number of nitrogens with zero attached hydrogens (tertiary/aromatic N) is 4. The number of aliphatic imine (C=N–C) groups is 1. The summed E-state index contributed by atoms with van der Waals surface area (Å²) >= 11 is 0. The van der Waals surface area contributed by atoms with Gasteiger partial charge in [-0.2, -0.15) is 0 Å². The molecule has 1 saturated heterocycles. The molecule has 28 heavy (non-hydrogen) atoms. The van der Waals surface area contributed by atoms with Crippen LogP contribution in [-0.2, 0) is 11.3 Å². The lowest BCUT2D eigenvalue weighted by Gasteiger charge is -2.34. The van der Waals surface area contributed by atoms with Gasteiger partial charge >= 0.3 is 0 Å². The first kappa shape index (κ1) is 24.7. The first-order valence-electron chi connectivity index (χ1n) is 9.95. The lowest BCUT2D eigenvalue weighted by molar-refractivity contribution is -0.130. The molecule has 1 aromatic rings. The van der Waals surface area contributed by atoms with Crippen LogP contribution < -0.4 is 10.6 Å². The first-order chi connectivity index (χ1) is 13.1. The van der Waals surface area contributed by atoms with Crippen LogP contribution in [0.25, 0.3) is 0 Å². The maximum atomic E-state index is 11.4. The molecule has 160 valence electrons. The van der Waals surface area contributed by atoms with Crippen molar-refractivity contribution in [2.75, 3.05) is 46.3 Å². The van der Waals surface area contributed by atoms with E-state index in [2.05, 4.69) is 39.5 Å². The zero-order valence-electron chi connectivity index (χ0n) is 17.5. The van der Waals surface area contributed by atoms with E-state index in [9.17, 15) is 4.79 Å². The third-order valence-corrected chi connectivity index (χ3v) is 5.17. The quantitative estimate of drug-likeness (QED) is 0.319. The largest absolute Gasteiger partial charge is 0.359 e. The second-order valence-corrected chi connectivity index (χ2v) is 6.93. The molecule has 0 radical (unpaired) electrons. The van der Waals surface area contributed by atoms with Crippen LogP contribution in [0.15, 0.2) is 15.6 Å². The van der Waals surface area contributed by atoms with Crippen molar-refractivity contribution in [1.82, 2.24) is 25.6 Å². The summed E-state index contributed by atoms with van der Waals surface area (Å²) < 4.78 is 5.44. The molecule has 2 N–H and O–H groups in total. The predicted octanol–water partition coefficient (Wildman–Crippen LogP) is 2.03. The molecule has 2 rings (SSSR count). The second-order valence-electron chi connectivity index (χ2n) is 6.93. The summed E-state index contributed by atoms with van der Waals surface area (Å²) in [7, 11) is 1.76. The van der Waals surface area contributed by atoms with Crippen LogP contribution in [0.3, 0.4) is 0 Å². The van der Waals surface area contributed by atoms with E-state index in [1.165, 1.54) is 0 Å². The first-order valence-corrected chi connectivity index (χ1v) is 9.95. The Kier molecular flexibility index (Phi) is 11.4. The van der Waals surface area contributed by atoms with E-state index in [0.29, 0.717) is 12.5 Å². The molecule has 0 unspecified atom stereocenters. The van der Waals surface area contributed by atoms with Gasteiger partial charge in [-0.15, -0.1) is 24.0 Å². The number of carbonyl (C=O) groups excluding carboxylic acids is 1. The number of hydrogen-bond acceptors (Lipinski definition) is 5. The van der Waals surface area contributed by atoms with E-state index < -0.39 is 0 Å². The minimum Gasteiger partial charge on any atom is -0.359 e. The van der Waals surface area contributed by atoms with E-state index in [-0.39, 0.29) is 29.9 Å². The zero-order valence-corrected chi connectivity index (χ0v) is 19.9. The van der Waals surface area contributed by atoms with Gasteiger partial charge in [0.25, 0.3) is 0 Å². The average Bonchev–Trinajstić information content (AvgIpc) is 3.14. The molecule has 0 atom stereocenters. The minimum atomic E-state index is 0. The molecular weight excluding hydrogens is 471 g/mol. The molecule has 8 nitrogen and oxygen atoms in total. The number of halogens is 1. The van der Waals surface area contributed by atoms with Gasteiger partial charge in [-0.25, -0.2) is 0 Å². The fraction of sp³-hybridized carbons (Fsp3) is 0.737. The Hall–Kier alpha value is -1.36. The number of hydrogen-bond donors (Lipinski definition) is 2. The lowest BCUT2D eigenvalue weighted by atomic mass is 9.99. The van der Waals surface area contributed by atoms with Gasteiger partial charge in [-0.05, 0) is 12.8 Å². The van der Waals surface area contributed by atoms with E-state index in [1.54, 1.807) is 14.0 Å². The topological polar surface area (TPSA) is 86.0 Å². The van der Waals surface area contributed by atoms with E-state index in [4.69, 9.17) is 4.52 Å². The van der Waals surface area contributed by atoms with Crippen molar-refractivity contribution < 1.29 is 9.32 Å². The van der Waals surface area contributed by atoms with Gasteiger partial charge in [0.2, 0.25) is 5.91 Å². The fourth-order valence-corrected chi connectivity index (χ4v) is 3.32. The molecule has 2 heterocycles. The molecular formula is C19H35IN6O2. The average molecular weight is 506 g/mol. The smallest absolute Gasteiger partial charge is 0.219 e. The van der Waals surface area contributed by atoms with Crippen molar-refractivity contribution >= 4 is 35.8 Å². The van der Waals surface area contributed by atoms with E-state index in [1.807, 2.05) is 11.0 Å². The molecule has 0 aromatic carbocycles. The fourth-order valence-electron chi connectivity index (χ4n) is 3.32. The molecule has 9 heteroatoms. The maximum absolute atomic E-state index is 11.4. The zero-order chi connectivity index (χ0) is 19.6. The number of carbonyl (C=O) groups is 1. The Balaban J connectivity index is 0.00000392. The summed E-state index contributed by atoms with van der Waals surface area (Å²) in [6.07, 6.45) is 2.14. The molecule has 1 aromatic heterocycles. The number of nitrogens with one attached hydrogen (secondary N) is 2. The minimum absolute atomic E-state index is 0. The summed E-state index contributed by atoms with van der Waals surface area (Å²) in [5.74, 6) is 2.19. The molecule has 1 aliphatic rings. The Bertz CT molecular complexity index is 609. The van der Waals surface area contributed by atoms with Gasteiger partial charge in [0.15, 0.2) is 11.7 Å². The highest BCUT2D eigenvalue weighted by Gasteiger charge is 2.18. The standard InChI is InChI=1S/C19H34N6O2.HI/c1-5-16(6-2)18-13-17(27-23-18)14-22-19(20-4)21-7-8-24-9-11-25(12-10-24)15(3)26;/h13,16H,5-12,14H2,1-4H3,(H2,20,21,22);1H. The van der Waals surface area contributed by atoms with Crippen molar-refractivity contribution in [2.45, 2.75) is 46.1 Å². The Morgan fingerprint density at radius 1 is 1.25 bits per heavy atom. The summed E-state index contributed by atoms with van der Waals surface area (Å²) in [6.45, 7) is 11.7. The molecule has 1 aliphatic heterocycles. The van der Waals surface area contributed by atoms with Gasteiger partial charge in [-0.1, -0.05) is 19.0 Å². The van der Waals surface area contributed by atoms with Crippen LogP contribution in [0, 0.1) is 0 Å². The number of rotatable bonds is 8. The van der Waals surface area contributed by atoms with Gasteiger partial charge in [-0.3, -0.25) is 14.7 Å². The van der Waals surface area contributed by atoms with Crippen molar-refractivity contribution in [2.24, 2.45) is 4.99 Å². The maximum Gasteiger partial charge on any atom is 0.219 e. The number of amides is 1. The van der Waals surface area contributed by atoms with E-state index in [0.717, 1.165) is 69.5 Å². The highest BCUT2D eigenvalue weighted by molar-refractivity contribution is 14.0. The summed E-state index contributed by atoms with van der Waals surface area (Å²) in [4.78, 5) is 19.9. The Morgan fingerprint density at radius 2 is 1.93 bits per heavy atom. The molecule has 1 fully saturated rings. The third kappa shape index (κ3) is 7.57. The van der Waals surface area contributed by atoms with Crippen LogP contribution >= 0.6 is 24.0 Å². The highest BCUT2D eigenvalue weighted by Crippen LogP contribution is 2.22. The monoisotopic (exact) mass is 506 g/mol. The molecule has 1 amide bonds. The lowest BCUT2D eigenvalue weighted by Crippen LogP contribution is -2.50. The Morgan fingerprint density at radius 3 is 2.50 bits per heavy atom. The normalized spacial score (nSPS) is 15.5. The number of piperazine rings is 1. The molecule has 0 aliphatic carbocycles. The number of aromatic nitrogens is 1. The third-order valence-electron chi connectivity index (χ3n) is 5.17. The van der Waals surface area contributed by atoms with Gasteiger partial charge in [0, 0.05) is 65.2 Å². The highest BCUT2D eigenvalue weighted by atomic mass is 127. The van der Waals surface area contributed by atoms with Crippen LogP contribution in [0.1, 0.15) is 51.0 Å². The van der Waals surface area contributed by atoms with Crippen molar-refractivity contribution in [1.29, 1.82) is 0 Å².